The molecule has 1 aliphatic carbocycles. The van der Waals surface area contributed by atoms with Crippen molar-refractivity contribution in [2.45, 2.75) is 38.1 Å². The Morgan fingerprint density at radius 3 is 2.71 bits per heavy atom. The van der Waals surface area contributed by atoms with Crippen molar-refractivity contribution in [3.63, 3.8) is 0 Å². The Hall–Kier alpha value is -2.10. The van der Waals surface area contributed by atoms with E-state index in [1.807, 2.05) is 18.2 Å². The first-order valence-corrected chi connectivity index (χ1v) is 9.25. The highest BCUT2D eigenvalue weighted by Crippen LogP contribution is 2.39. The summed E-state index contributed by atoms with van der Waals surface area (Å²) in [4.78, 5) is 22.6. The SMILES string of the molecule is O=C(c1cc2ccccc2nc1N1CCCC1)N1CC2CCC1C2. The Balaban J connectivity index is 1.59. The number of piperidine rings is 1. The molecule has 2 bridgehead atoms. The zero-order valence-electron chi connectivity index (χ0n) is 13.9. The third-order valence-electron chi connectivity index (χ3n) is 6.01. The Morgan fingerprint density at radius 2 is 1.96 bits per heavy atom. The van der Waals surface area contributed by atoms with E-state index in [1.54, 1.807) is 0 Å². The summed E-state index contributed by atoms with van der Waals surface area (Å²) in [6.07, 6.45) is 6.05. The molecule has 2 aliphatic heterocycles. The Labute approximate surface area is 142 Å². The van der Waals surface area contributed by atoms with Crippen LogP contribution in [0.4, 0.5) is 5.82 Å². The molecular weight excluding hydrogens is 298 g/mol. The number of carbonyl (C=O) groups excluding carboxylic acids is 1. The number of amides is 1. The molecule has 3 heterocycles. The van der Waals surface area contributed by atoms with Crippen molar-refractivity contribution >= 4 is 22.6 Å². The van der Waals surface area contributed by atoms with Gasteiger partial charge in [0.1, 0.15) is 5.82 Å². The maximum absolute atomic E-state index is 13.3. The Bertz CT molecular complexity index is 797. The van der Waals surface area contributed by atoms with E-state index < -0.39 is 0 Å². The first kappa shape index (κ1) is 14.3. The molecular formula is C20H23N3O. The largest absolute Gasteiger partial charge is 0.356 e. The molecule has 24 heavy (non-hydrogen) atoms. The monoisotopic (exact) mass is 321 g/mol. The molecule has 1 amide bonds. The van der Waals surface area contributed by atoms with Crippen LogP contribution in [0.1, 0.15) is 42.5 Å². The zero-order valence-corrected chi connectivity index (χ0v) is 13.9. The van der Waals surface area contributed by atoms with Gasteiger partial charge in [0.05, 0.1) is 11.1 Å². The van der Waals surface area contributed by atoms with E-state index in [1.165, 1.54) is 32.1 Å². The van der Waals surface area contributed by atoms with Crippen molar-refractivity contribution in [2.75, 3.05) is 24.5 Å². The van der Waals surface area contributed by atoms with Crippen molar-refractivity contribution < 1.29 is 4.79 Å². The van der Waals surface area contributed by atoms with Crippen LogP contribution in [-0.4, -0.2) is 41.5 Å². The van der Waals surface area contributed by atoms with E-state index in [0.717, 1.165) is 47.8 Å². The summed E-state index contributed by atoms with van der Waals surface area (Å²) in [6, 6.07) is 10.7. The van der Waals surface area contributed by atoms with Crippen LogP contribution in [0, 0.1) is 5.92 Å². The lowest BCUT2D eigenvalue weighted by Crippen LogP contribution is -2.38. The molecule has 2 saturated heterocycles. The van der Waals surface area contributed by atoms with Crippen LogP contribution in [0.5, 0.6) is 0 Å². The molecule has 0 spiro atoms. The molecule has 5 rings (SSSR count). The highest BCUT2D eigenvalue weighted by atomic mass is 16.2. The molecule has 1 aromatic carbocycles. The molecule has 4 heteroatoms. The first-order valence-electron chi connectivity index (χ1n) is 9.25. The summed E-state index contributed by atoms with van der Waals surface area (Å²) in [5.41, 5.74) is 1.79. The summed E-state index contributed by atoms with van der Waals surface area (Å²) in [5, 5.41) is 1.06. The second kappa shape index (κ2) is 5.47. The molecule has 2 aromatic rings. The van der Waals surface area contributed by atoms with Gasteiger partial charge < -0.3 is 9.80 Å². The number of carbonyl (C=O) groups is 1. The summed E-state index contributed by atoms with van der Waals surface area (Å²) in [5.74, 6) is 1.82. The summed E-state index contributed by atoms with van der Waals surface area (Å²) < 4.78 is 0. The molecule has 3 aliphatic rings. The fourth-order valence-electron chi connectivity index (χ4n) is 4.76. The Kier molecular flexibility index (Phi) is 3.25. The first-order chi connectivity index (χ1) is 11.8. The second-order valence-electron chi connectivity index (χ2n) is 7.54. The lowest BCUT2D eigenvalue weighted by molar-refractivity contribution is 0.0704. The summed E-state index contributed by atoms with van der Waals surface area (Å²) in [6.45, 7) is 2.96. The molecule has 4 nitrogen and oxygen atoms in total. The van der Waals surface area contributed by atoms with Crippen molar-refractivity contribution in [3.05, 3.63) is 35.9 Å². The van der Waals surface area contributed by atoms with Gasteiger partial charge in [0.15, 0.2) is 0 Å². The molecule has 0 N–H and O–H groups in total. The maximum atomic E-state index is 13.3. The highest BCUT2D eigenvalue weighted by Gasteiger charge is 2.41. The number of nitrogens with zero attached hydrogens (tertiary/aromatic N) is 3. The molecule has 2 atom stereocenters. The summed E-state index contributed by atoms with van der Waals surface area (Å²) >= 11 is 0. The number of para-hydroxylation sites is 1. The predicted molar refractivity (Wildman–Crippen MR) is 95.4 cm³/mol. The van der Waals surface area contributed by atoms with Gasteiger partial charge in [-0.3, -0.25) is 4.79 Å². The molecule has 0 radical (unpaired) electrons. The number of anilines is 1. The number of hydrogen-bond acceptors (Lipinski definition) is 3. The topological polar surface area (TPSA) is 36.4 Å². The fraction of sp³-hybridized carbons (Fsp3) is 0.500. The average Bonchev–Trinajstić information content (AvgIpc) is 3.37. The molecule has 124 valence electrons. The van der Waals surface area contributed by atoms with Gasteiger partial charge in [-0.25, -0.2) is 4.98 Å². The van der Waals surface area contributed by atoms with Crippen LogP contribution >= 0.6 is 0 Å². The van der Waals surface area contributed by atoms with E-state index in [9.17, 15) is 4.79 Å². The minimum atomic E-state index is 0.197. The lowest BCUT2D eigenvalue weighted by Gasteiger charge is -2.29. The average molecular weight is 321 g/mol. The van der Waals surface area contributed by atoms with Crippen molar-refractivity contribution in [1.82, 2.24) is 9.88 Å². The lowest BCUT2D eigenvalue weighted by atomic mass is 10.1. The van der Waals surface area contributed by atoms with Gasteiger partial charge in [0, 0.05) is 31.1 Å². The van der Waals surface area contributed by atoms with Crippen LogP contribution in [0.25, 0.3) is 10.9 Å². The minimum Gasteiger partial charge on any atom is -0.356 e. The van der Waals surface area contributed by atoms with Crippen LogP contribution in [0.15, 0.2) is 30.3 Å². The van der Waals surface area contributed by atoms with Gasteiger partial charge in [-0.15, -0.1) is 0 Å². The Morgan fingerprint density at radius 1 is 1.12 bits per heavy atom. The predicted octanol–water partition coefficient (Wildman–Crippen LogP) is 3.46. The molecule has 1 saturated carbocycles. The molecule has 3 fully saturated rings. The van der Waals surface area contributed by atoms with Crippen LogP contribution in [0.2, 0.25) is 0 Å². The number of likely N-dealkylation sites (tertiary alicyclic amines) is 1. The van der Waals surface area contributed by atoms with Crippen LogP contribution in [-0.2, 0) is 0 Å². The third-order valence-corrected chi connectivity index (χ3v) is 6.01. The van der Waals surface area contributed by atoms with Gasteiger partial charge in [0.25, 0.3) is 5.91 Å². The van der Waals surface area contributed by atoms with E-state index in [2.05, 4.69) is 21.9 Å². The van der Waals surface area contributed by atoms with Crippen molar-refractivity contribution in [2.24, 2.45) is 5.92 Å². The number of fused-ring (bicyclic) bond motifs is 3. The van der Waals surface area contributed by atoms with Gasteiger partial charge in [-0.05, 0) is 50.2 Å². The summed E-state index contributed by atoms with van der Waals surface area (Å²) in [7, 11) is 0. The van der Waals surface area contributed by atoms with E-state index in [-0.39, 0.29) is 5.91 Å². The minimum absolute atomic E-state index is 0.197. The van der Waals surface area contributed by atoms with Gasteiger partial charge in [-0.2, -0.15) is 0 Å². The van der Waals surface area contributed by atoms with Gasteiger partial charge in [-0.1, -0.05) is 18.2 Å². The quantitative estimate of drug-likeness (QED) is 0.850. The molecule has 2 unspecified atom stereocenters. The normalized spacial score (nSPS) is 25.8. The second-order valence-corrected chi connectivity index (χ2v) is 7.54. The zero-order chi connectivity index (χ0) is 16.1. The van der Waals surface area contributed by atoms with Crippen LogP contribution in [0.3, 0.4) is 0 Å². The fourth-order valence-corrected chi connectivity index (χ4v) is 4.76. The standard InChI is InChI=1S/C20H23N3O/c24-20(23-13-14-7-8-16(23)11-14)17-12-15-5-1-2-6-18(15)21-19(17)22-9-3-4-10-22/h1-2,5-6,12,14,16H,3-4,7-11,13H2. The van der Waals surface area contributed by atoms with Gasteiger partial charge >= 0.3 is 0 Å². The number of hydrogen-bond donors (Lipinski definition) is 0. The van der Waals surface area contributed by atoms with E-state index >= 15 is 0 Å². The van der Waals surface area contributed by atoms with Crippen molar-refractivity contribution in [3.8, 4) is 0 Å². The van der Waals surface area contributed by atoms with Crippen LogP contribution < -0.4 is 4.90 Å². The highest BCUT2D eigenvalue weighted by molar-refractivity contribution is 6.02. The number of pyridine rings is 1. The van der Waals surface area contributed by atoms with E-state index in [4.69, 9.17) is 4.98 Å². The third kappa shape index (κ3) is 2.20. The number of rotatable bonds is 2. The smallest absolute Gasteiger partial charge is 0.257 e. The molecule has 1 aromatic heterocycles. The van der Waals surface area contributed by atoms with Gasteiger partial charge in [0.2, 0.25) is 0 Å². The number of aromatic nitrogens is 1. The van der Waals surface area contributed by atoms with Crippen molar-refractivity contribution in [1.29, 1.82) is 0 Å². The van der Waals surface area contributed by atoms with E-state index in [0.29, 0.717) is 6.04 Å². The maximum Gasteiger partial charge on any atom is 0.257 e. The number of benzene rings is 1.